The second-order valence-electron chi connectivity index (χ2n) is 6.75. The Balaban J connectivity index is 0.00000392. The number of hydrogen-bond acceptors (Lipinski definition) is 4. The molecule has 1 aromatic carbocycles. The fourth-order valence-corrected chi connectivity index (χ4v) is 3.76. The lowest BCUT2D eigenvalue weighted by Crippen LogP contribution is -2.48. The quantitative estimate of drug-likeness (QED) is 0.282. The van der Waals surface area contributed by atoms with E-state index < -0.39 is 0 Å². The first-order chi connectivity index (χ1) is 13.1. The van der Waals surface area contributed by atoms with Gasteiger partial charge in [0.15, 0.2) is 17.5 Å². The van der Waals surface area contributed by atoms with Gasteiger partial charge in [-0.2, -0.15) is 0 Å². The summed E-state index contributed by atoms with van der Waals surface area (Å²) in [4.78, 5) is 7.32. The Kier molecular flexibility index (Phi) is 12.2. The number of ether oxygens (including phenoxy) is 2. The Morgan fingerprint density at radius 1 is 1.18 bits per heavy atom. The van der Waals surface area contributed by atoms with Gasteiger partial charge in [0, 0.05) is 30.1 Å². The summed E-state index contributed by atoms with van der Waals surface area (Å²) in [6.45, 7) is 9.25. The van der Waals surface area contributed by atoms with Gasteiger partial charge in [0.05, 0.1) is 20.8 Å². The van der Waals surface area contributed by atoms with E-state index in [1.165, 1.54) is 13.0 Å². The lowest BCUT2D eigenvalue weighted by atomic mass is 10.1. The first-order valence-electron chi connectivity index (χ1n) is 9.78. The van der Waals surface area contributed by atoms with Crippen molar-refractivity contribution in [3.63, 3.8) is 0 Å². The van der Waals surface area contributed by atoms with Gasteiger partial charge in [0.25, 0.3) is 0 Å². The van der Waals surface area contributed by atoms with Crippen LogP contribution in [0.15, 0.2) is 21.6 Å². The van der Waals surface area contributed by atoms with Crippen LogP contribution in [0.3, 0.4) is 0 Å². The third kappa shape index (κ3) is 7.59. The summed E-state index contributed by atoms with van der Waals surface area (Å²) in [6.07, 6.45) is 3.54. The molecule has 1 fully saturated rings. The van der Waals surface area contributed by atoms with Crippen LogP contribution in [0.25, 0.3) is 0 Å². The molecule has 1 aromatic rings. The molecule has 8 heteroatoms. The first-order valence-corrected chi connectivity index (χ1v) is 10.6. The van der Waals surface area contributed by atoms with E-state index in [1.807, 2.05) is 12.1 Å². The molecule has 1 aliphatic rings. The Bertz CT molecular complexity index is 622. The molecule has 160 valence electrons. The van der Waals surface area contributed by atoms with E-state index in [0.29, 0.717) is 24.1 Å². The average Bonchev–Trinajstić information content (AvgIpc) is 2.68. The summed E-state index contributed by atoms with van der Waals surface area (Å²) in [5, 5.41) is 6.96. The summed E-state index contributed by atoms with van der Waals surface area (Å²) in [5.74, 6) is 2.29. The molecule has 28 heavy (non-hydrogen) atoms. The molecule has 0 saturated carbocycles. The monoisotopic (exact) mass is 568 g/mol. The maximum absolute atomic E-state index is 5.41. The number of nitrogens with zero attached hydrogens (tertiary/aromatic N) is 2. The molecule has 6 nitrogen and oxygen atoms in total. The van der Waals surface area contributed by atoms with Crippen molar-refractivity contribution < 1.29 is 9.47 Å². The van der Waals surface area contributed by atoms with E-state index in [0.717, 1.165) is 48.5 Å². The minimum absolute atomic E-state index is 0. The Morgan fingerprint density at radius 2 is 1.82 bits per heavy atom. The topological polar surface area (TPSA) is 58.1 Å². The molecule has 1 aliphatic heterocycles. The molecule has 0 bridgehead atoms. The molecular formula is C20H34BrIN4O2. The summed E-state index contributed by atoms with van der Waals surface area (Å²) >= 11 is 3.61. The summed E-state index contributed by atoms with van der Waals surface area (Å²) in [5.41, 5.74) is 1.06. The molecule has 0 radical (unpaired) electrons. The van der Waals surface area contributed by atoms with Crippen molar-refractivity contribution >= 4 is 45.9 Å². The van der Waals surface area contributed by atoms with E-state index >= 15 is 0 Å². The van der Waals surface area contributed by atoms with E-state index in [2.05, 4.69) is 45.3 Å². The highest BCUT2D eigenvalue weighted by atomic mass is 127. The molecule has 2 N–H and O–H groups in total. The van der Waals surface area contributed by atoms with Gasteiger partial charge in [-0.3, -0.25) is 0 Å². The molecule has 1 saturated heterocycles. The SMILES string of the molecule is CCCN1CCC(NC(=NCc2cc(OC)c(OC)cc2Br)NCC)CC1.I. The number of rotatable bonds is 8. The van der Waals surface area contributed by atoms with Crippen LogP contribution in [0.5, 0.6) is 11.5 Å². The van der Waals surface area contributed by atoms with Gasteiger partial charge < -0.3 is 25.0 Å². The molecule has 0 atom stereocenters. The van der Waals surface area contributed by atoms with Crippen molar-refractivity contribution in [2.75, 3.05) is 40.4 Å². The van der Waals surface area contributed by atoms with Crippen molar-refractivity contribution in [1.29, 1.82) is 0 Å². The Labute approximate surface area is 195 Å². The third-order valence-electron chi connectivity index (χ3n) is 4.77. The van der Waals surface area contributed by atoms with E-state index in [9.17, 15) is 0 Å². The molecule has 0 amide bonds. The Morgan fingerprint density at radius 3 is 2.39 bits per heavy atom. The fraction of sp³-hybridized carbons (Fsp3) is 0.650. The molecule has 0 unspecified atom stereocenters. The highest BCUT2D eigenvalue weighted by Gasteiger charge is 2.19. The molecule has 0 aromatic heterocycles. The van der Waals surface area contributed by atoms with Gasteiger partial charge in [-0.05, 0) is 50.4 Å². The average molecular weight is 569 g/mol. The van der Waals surface area contributed by atoms with Crippen molar-refractivity contribution in [2.45, 2.75) is 45.7 Å². The number of piperidine rings is 1. The number of methoxy groups -OCH3 is 2. The van der Waals surface area contributed by atoms with Crippen molar-refractivity contribution in [3.8, 4) is 11.5 Å². The van der Waals surface area contributed by atoms with Crippen molar-refractivity contribution in [3.05, 3.63) is 22.2 Å². The first kappa shape index (κ1) is 25.3. The van der Waals surface area contributed by atoms with Crippen molar-refractivity contribution in [2.24, 2.45) is 4.99 Å². The summed E-state index contributed by atoms with van der Waals surface area (Å²) in [6, 6.07) is 4.37. The standard InChI is InChI=1S/C20H33BrN4O2.HI/c1-5-9-25-10-7-16(8-11-25)24-20(22-6-2)23-14-15-12-18(26-3)19(27-4)13-17(15)21;/h12-13,16H,5-11,14H2,1-4H3,(H2,22,23,24);1H. The normalized spacial score (nSPS) is 15.7. The number of benzene rings is 1. The van der Waals surface area contributed by atoms with Crippen LogP contribution in [0, 0.1) is 0 Å². The number of halogens is 2. The smallest absolute Gasteiger partial charge is 0.191 e. The number of guanidine groups is 1. The van der Waals surface area contributed by atoms with Gasteiger partial charge in [-0.25, -0.2) is 4.99 Å². The van der Waals surface area contributed by atoms with Gasteiger partial charge in [-0.1, -0.05) is 22.9 Å². The highest BCUT2D eigenvalue weighted by Crippen LogP contribution is 2.33. The zero-order valence-electron chi connectivity index (χ0n) is 17.4. The molecule has 0 spiro atoms. The zero-order valence-corrected chi connectivity index (χ0v) is 21.3. The summed E-state index contributed by atoms with van der Waals surface area (Å²) < 4.78 is 11.7. The maximum Gasteiger partial charge on any atom is 0.191 e. The Hall–Kier alpha value is -0.740. The van der Waals surface area contributed by atoms with Crippen molar-refractivity contribution in [1.82, 2.24) is 15.5 Å². The van der Waals surface area contributed by atoms with E-state index in [4.69, 9.17) is 14.5 Å². The van der Waals surface area contributed by atoms with Crippen LogP contribution in [-0.2, 0) is 6.54 Å². The minimum atomic E-state index is 0. The van der Waals surface area contributed by atoms with Gasteiger partial charge in [0.2, 0.25) is 0 Å². The van der Waals surface area contributed by atoms with Crippen LogP contribution in [0.1, 0.15) is 38.7 Å². The largest absolute Gasteiger partial charge is 0.493 e. The number of nitrogens with one attached hydrogen (secondary N) is 2. The zero-order chi connectivity index (χ0) is 19.6. The molecule has 2 rings (SSSR count). The number of likely N-dealkylation sites (tertiary alicyclic amines) is 1. The van der Waals surface area contributed by atoms with Crippen LogP contribution in [-0.4, -0.2) is 57.3 Å². The number of hydrogen-bond donors (Lipinski definition) is 2. The van der Waals surface area contributed by atoms with E-state index in [-0.39, 0.29) is 24.0 Å². The predicted molar refractivity (Wildman–Crippen MR) is 130 cm³/mol. The maximum atomic E-state index is 5.41. The van der Waals surface area contributed by atoms with Crippen LogP contribution >= 0.6 is 39.9 Å². The third-order valence-corrected chi connectivity index (χ3v) is 5.51. The second-order valence-corrected chi connectivity index (χ2v) is 7.61. The van der Waals surface area contributed by atoms with Gasteiger partial charge in [0.1, 0.15) is 0 Å². The summed E-state index contributed by atoms with van der Waals surface area (Å²) in [7, 11) is 3.29. The second kappa shape index (κ2) is 13.5. The van der Waals surface area contributed by atoms with Gasteiger partial charge >= 0.3 is 0 Å². The lowest BCUT2D eigenvalue weighted by Gasteiger charge is -2.32. The van der Waals surface area contributed by atoms with Crippen LogP contribution in [0.4, 0.5) is 0 Å². The number of aliphatic imine (C=N–C) groups is 1. The predicted octanol–water partition coefficient (Wildman–Crippen LogP) is 4.01. The van der Waals surface area contributed by atoms with E-state index in [1.54, 1.807) is 14.2 Å². The molecular weight excluding hydrogens is 535 g/mol. The van der Waals surface area contributed by atoms with Gasteiger partial charge in [-0.15, -0.1) is 24.0 Å². The fourth-order valence-electron chi connectivity index (χ4n) is 3.31. The van der Waals surface area contributed by atoms with Crippen LogP contribution in [0.2, 0.25) is 0 Å². The van der Waals surface area contributed by atoms with Crippen LogP contribution < -0.4 is 20.1 Å². The minimum Gasteiger partial charge on any atom is -0.493 e. The molecule has 1 heterocycles. The lowest BCUT2D eigenvalue weighted by molar-refractivity contribution is 0.206. The molecule has 0 aliphatic carbocycles. The highest BCUT2D eigenvalue weighted by molar-refractivity contribution is 14.0.